The number of pyridine rings is 1. The van der Waals surface area contributed by atoms with Crippen molar-refractivity contribution in [3.05, 3.63) is 23.9 Å². The second-order valence-corrected chi connectivity index (χ2v) is 5.92. The quantitative estimate of drug-likeness (QED) is 0.908. The number of hydrogen-bond donors (Lipinski definition) is 1. The van der Waals surface area contributed by atoms with Gasteiger partial charge in [-0.1, -0.05) is 20.8 Å². The van der Waals surface area contributed by atoms with Crippen LogP contribution in [0.5, 0.6) is 0 Å². The highest BCUT2D eigenvalue weighted by atomic mass is 16.2. The minimum absolute atomic E-state index is 0.0120. The van der Waals surface area contributed by atoms with Gasteiger partial charge in [0.15, 0.2) is 0 Å². The molecule has 1 rings (SSSR count). The third kappa shape index (κ3) is 3.94. The molecule has 106 valence electrons. The van der Waals surface area contributed by atoms with Crippen molar-refractivity contribution in [2.24, 2.45) is 5.41 Å². The summed E-state index contributed by atoms with van der Waals surface area (Å²) in [6.07, 6.45) is 1.63. The van der Waals surface area contributed by atoms with Crippen molar-refractivity contribution in [1.29, 1.82) is 0 Å². The Hall–Kier alpha value is -1.58. The lowest BCUT2D eigenvalue weighted by Gasteiger charge is -2.35. The van der Waals surface area contributed by atoms with E-state index < -0.39 is 0 Å². The fraction of sp³-hybridized carbons (Fsp3) is 0.600. The Morgan fingerprint density at radius 1 is 1.42 bits per heavy atom. The van der Waals surface area contributed by atoms with E-state index in [1.54, 1.807) is 11.1 Å². The zero-order chi connectivity index (χ0) is 14.6. The summed E-state index contributed by atoms with van der Waals surface area (Å²) in [5, 5.41) is 3.11. The van der Waals surface area contributed by atoms with Crippen LogP contribution in [0.15, 0.2) is 18.3 Å². The molecule has 0 saturated carbocycles. The fourth-order valence-electron chi connectivity index (χ4n) is 1.77. The zero-order valence-corrected chi connectivity index (χ0v) is 12.8. The number of nitrogens with zero attached hydrogens (tertiary/aromatic N) is 2. The molecule has 0 aliphatic heterocycles. The molecule has 1 atom stereocenters. The number of rotatable bonds is 4. The molecule has 0 fully saturated rings. The molecule has 4 nitrogen and oxygen atoms in total. The minimum Gasteiger partial charge on any atom is -0.370 e. The van der Waals surface area contributed by atoms with E-state index in [0.717, 1.165) is 12.4 Å². The number of nitrogens with one attached hydrogen (secondary N) is 1. The lowest BCUT2D eigenvalue weighted by Crippen LogP contribution is -2.43. The van der Waals surface area contributed by atoms with Crippen molar-refractivity contribution < 1.29 is 4.79 Å². The molecule has 0 bridgehead atoms. The predicted octanol–water partition coefficient (Wildman–Crippen LogP) is 3.02. The molecular formula is C15H25N3O. The Bertz CT molecular complexity index is 420. The van der Waals surface area contributed by atoms with Gasteiger partial charge in [0.1, 0.15) is 5.82 Å². The zero-order valence-electron chi connectivity index (χ0n) is 12.8. The lowest BCUT2D eigenvalue weighted by atomic mass is 9.87. The summed E-state index contributed by atoms with van der Waals surface area (Å²) in [7, 11) is 1.84. The number of amides is 1. The molecule has 0 aliphatic rings. The van der Waals surface area contributed by atoms with Crippen molar-refractivity contribution in [3.8, 4) is 0 Å². The predicted molar refractivity (Wildman–Crippen MR) is 79.4 cm³/mol. The van der Waals surface area contributed by atoms with Gasteiger partial charge in [-0.2, -0.15) is 0 Å². The molecule has 1 N–H and O–H groups in total. The molecule has 1 aromatic rings. The summed E-state index contributed by atoms with van der Waals surface area (Å²) < 4.78 is 0. The van der Waals surface area contributed by atoms with Crippen LogP contribution in [-0.4, -0.2) is 35.4 Å². The highest BCUT2D eigenvalue weighted by Crippen LogP contribution is 2.24. The summed E-state index contributed by atoms with van der Waals surface area (Å²) in [4.78, 5) is 18.4. The molecule has 19 heavy (non-hydrogen) atoms. The monoisotopic (exact) mass is 263 g/mol. The van der Waals surface area contributed by atoms with E-state index >= 15 is 0 Å². The second-order valence-electron chi connectivity index (χ2n) is 5.92. The van der Waals surface area contributed by atoms with Gasteiger partial charge in [0, 0.05) is 25.8 Å². The van der Waals surface area contributed by atoms with Crippen LogP contribution in [0.25, 0.3) is 0 Å². The SMILES string of the molecule is CCNc1ccc(C(=O)N(C)C(C)C(C)(C)C)cn1. The molecule has 1 aromatic heterocycles. The van der Waals surface area contributed by atoms with Gasteiger partial charge in [0.2, 0.25) is 0 Å². The highest BCUT2D eigenvalue weighted by Gasteiger charge is 2.27. The second kappa shape index (κ2) is 6.04. The number of hydrogen-bond acceptors (Lipinski definition) is 3. The van der Waals surface area contributed by atoms with E-state index in [1.165, 1.54) is 0 Å². The first-order chi connectivity index (χ1) is 8.77. The van der Waals surface area contributed by atoms with Gasteiger partial charge in [0.25, 0.3) is 5.91 Å². The molecule has 0 radical (unpaired) electrons. The Morgan fingerprint density at radius 2 is 2.05 bits per heavy atom. The maximum atomic E-state index is 12.4. The van der Waals surface area contributed by atoms with E-state index in [-0.39, 0.29) is 17.4 Å². The van der Waals surface area contributed by atoms with Gasteiger partial charge >= 0.3 is 0 Å². The molecule has 4 heteroatoms. The molecule has 0 aliphatic carbocycles. The Morgan fingerprint density at radius 3 is 2.47 bits per heavy atom. The van der Waals surface area contributed by atoms with Gasteiger partial charge in [-0.25, -0.2) is 4.98 Å². The van der Waals surface area contributed by atoms with Crippen LogP contribution in [0.3, 0.4) is 0 Å². The van der Waals surface area contributed by atoms with Gasteiger partial charge in [0.05, 0.1) is 5.56 Å². The van der Waals surface area contributed by atoms with E-state index in [9.17, 15) is 4.79 Å². The van der Waals surface area contributed by atoms with Crippen molar-refractivity contribution in [2.75, 3.05) is 18.9 Å². The van der Waals surface area contributed by atoms with Crippen LogP contribution >= 0.6 is 0 Å². The summed E-state index contributed by atoms with van der Waals surface area (Å²) in [5.74, 6) is 0.809. The Labute approximate surface area is 116 Å². The van der Waals surface area contributed by atoms with Crippen LogP contribution < -0.4 is 5.32 Å². The van der Waals surface area contributed by atoms with E-state index in [4.69, 9.17) is 0 Å². The average molecular weight is 263 g/mol. The molecule has 0 aromatic carbocycles. The maximum absolute atomic E-state index is 12.4. The molecule has 1 heterocycles. The van der Waals surface area contributed by atoms with Gasteiger partial charge in [-0.3, -0.25) is 4.79 Å². The van der Waals surface area contributed by atoms with Gasteiger partial charge in [-0.15, -0.1) is 0 Å². The summed E-state index contributed by atoms with van der Waals surface area (Å²) >= 11 is 0. The first-order valence-corrected chi connectivity index (χ1v) is 6.74. The summed E-state index contributed by atoms with van der Waals surface area (Å²) in [6.45, 7) is 11.3. The van der Waals surface area contributed by atoms with Crippen molar-refractivity contribution in [3.63, 3.8) is 0 Å². The van der Waals surface area contributed by atoms with Crippen molar-refractivity contribution in [2.45, 2.75) is 40.7 Å². The Kier molecular flexibility index (Phi) is 4.92. The standard InChI is InChI=1S/C15H25N3O/c1-7-16-13-9-8-12(10-17-13)14(19)18(6)11(2)15(3,4)5/h8-11H,7H2,1-6H3,(H,16,17). The van der Waals surface area contributed by atoms with Gasteiger partial charge in [-0.05, 0) is 31.4 Å². The summed E-state index contributed by atoms with van der Waals surface area (Å²) in [5.41, 5.74) is 0.682. The van der Waals surface area contributed by atoms with E-state index in [0.29, 0.717) is 5.56 Å². The molecule has 0 saturated heterocycles. The third-order valence-electron chi connectivity index (χ3n) is 3.52. The van der Waals surface area contributed by atoms with E-state index in [2.05, 4.69) is 38.0 Å². The number of aromatic nitrogens is 1. The van der Waals surface area contributed by atoms with Crippen LogP contribution in [-0.2, 0) is 0 Å². The average Bonchev–Trinajstić information content (AvgIpc) is 2.36. The van der Waals surface area contributed by atoms with Crippen molar-refractivity contribution in [1.82, 2.24) is 9.88 Å². The maximum Gasteiger partial charge on any atom is 0.255 e. The van der Waals surface area contributed by atoms with Crippen LogP contribution in [0.1, 0.15) is 45.0 Å². The number of carbonyl (C=O) groups excluding carboxylic acids is 1. The largest absolute Gasteiger partial charge is 0.370 e. The summed E-state index contributed by atoms with van der Waals surface area (Å²) in [6, 6.07) is 3.82. The van der Waals surface area contributed by atoms with Crippen LogP contribution in [0.2, 0.25) is 0 Å². The fourth-order valence-corrected chi connectivity index (χ4v) is 1.77. The topological polar surface area (TPSA) is 45.2 Å². The van der Waals surface area contributed by atoms with Gasteiger partial charge < -0.3 is 10.2 Å². The molecule has 1 amide bonds. The first kappa shape index (κ1) is 15.5. The van der Waals surface area contributed by atoms with Crippen LogP contribution in [0, 0.1) is 5.41 Å². The smallest absolute Gasteiger partial charge is 0.255 e. The Balaban J connectivity index is 2.82. The number of anilines is 1. The van der Waals surface area contributed by atoms with E-state index in [1.807, 2.05) is 26.1 Å². The third-order valence-corrected chi connectivity index (χ3v) is 3.52. The molecule has 1 unspecified atom stereocenters. The first-order valence-electron chi connectivity index (χ1n) is 6.74. The normalized spacial score (nSPS) is 12.9. The van der Waals surface area contributed by atoms with Crippen LogP contribution in [0.4, 0.5) is 5.82 Å². The molecule has 0 spiro atoms. The lowest BCUT2D eigenvalue weighted by molar-refractivity contribution is 0.0629. The minimum atomic E-state index is 0.0120. The van der Waals surface area contributed by atoms with Crippen molar-refractivity contribution >= 4 is 11.7 Å². The molecular weight excluding hydrogens is 238 g/mol. The highest BCUT2D eigenvalue weighted by molar-refractivity contribution is 5.94. The number of carbonyl (C=O) groups is 1.